The third-order valence-electron chi connectivity index (χ3n) is 2.55. The van der Waals surface area contributed by atoms with Crippen molar-refractivity contribution < 1.29 is 15.0 Å². The zero-order valence-corrected chi connectivity index (χ0v) is 8.53. The van der Waals surface area contributed by atoms with Crippen molar-refractivity contribution in [2.75, 3.05) is 0 Å². The molecule has 0 aromatic heterocycles. The largest absolute Gasteiger partial charge is 0.376 e. The normalized spacial score (nSPS) is 33.8. The average Bonchev–Trinajstić information content (AvgIpc) is 2.25. The minimum Gasteiger partial charge on any atom is -0.376 e. The number of fused-ring (bicyclic) bond motifs is 2. The first kappa shape index (κ1) is 10.7. The van der Waals surface area contributed by atoms with Crippen LogP contribution >= 0.6 is 0 Å². The SMILES string of the molecule is O=C1C2=CCC[C@@]1(O)C#C/C=C\C#C[C@@H]2O. The van der Waals surface area contributed by atoms with E-state index in [4.69, 9.17) is 0 Å². The molecular weight excluding hydrogens is 204 g/mol. The molecule has 0 aromatic carbocycles. The molecule has 0 aliphatic heterocycles. The lowest BCUT2D eigenvalue weighted by Crippen LogP contribution is -2.42. The van der Waals surface area contributed by atoms with Crippen LogP contribution < -0.4 is 0 Å². The number of aliphatic hydroxyl groups excluding tert-OH is 1. The summed E-state index contributed by atoms with van der Waals surface area (Å²) in [6.07, 6.45) is 4.16. The molecule has 0 radical (unpaired) electrons. The van der Waals surface area contributed by atoms with Crippen LogP contribution in [0.3, 0.4) is 0 Å². The van der Waals surface area contributed by atoms with Crippen LogP contribution in [-0.4, -0.2) is 27.7 Å². The van der Waals surface area contributed by atoms with E-state index < -0.39 is 17.5 Å². The van der Waals surface area contributed by atoms with E-state index in [2.05, 4.69) is 23.7 Å². The molecular formula is C13H10O3. The molecule has 3 nitrogen and oxygen atoms in total. The Hall–Kier alpha value is -1.81. The van der Waals surface area contributed by atoms with Crippen LogP contribution in [0.4, 0.5) is 0 Å². The molecule has 3 heteroatoms. The molecule has 2 aliphatic carbocycles. The zero-order valence-electron chi connectivity index (χ0n) is 8.53. The molecule has 2 bridgehead atoms. The van der Waals surface area contributed by atoms with Crippen molar-refractivity contribution in [1.82, 2.24) is 0 Å². The van der Waals surface area contributed by atoms with Crippen LogP contribution in [0.1, 0.15) is 12.8 Å². The molecule has 0 aromatic rings. The predicted molar refractivity (Wildman–Crippen MR) is 58.0 cm³/mol. The standard InChI is InChI=1S/C13H10O3/c14-11-7-3-1-2-4-8-13(16)9-5-6-10(11)12(13)15/h1-2,6,11,14,16H,5,9H2/b2-1-/t11-,13-/m0/s1. The Morgan fingerprint density at radius 1 is 1.38 bits per heavy atom. The lowest BCUT2D eigenvalue weighted by molar-refractivity contribution is -0.130. The van der Waals surface area contributed by atoms with Gasteiger partial charge in [-0.2, -0.15) is 0 Å². The Morgan fingerprint density at radius 2 is 2.12 bits per heavy atom. The van der Waals surface area contributed by atoms with Gasteiger partial charge < -0.3 is 10.2 Å². The summed E-state index contributed by atoms with van der Waals surface area (Å²) in [7, 11) is 0. The van der Waals surface area contributed by atoms with Gasteiger partial charge in [0, 0.05) is 5.57 Å². The van der Waals surface area contributed by atoms with E-state index in [0.29, 0.717) is 6.42 Å². The molecule has 2 aliphatic rings. The van der Waals surface area contributed by atoms with E-state index in [0.717, 1.165) is 0 Å². The Balaban J connectivity index is 2.53. The van der Waals surface area contributed by atoms with Crippen LogP contribution in [-0.2, 0) is 4.79 Å². The highest BCUT2D eigenvalue weighted by Gasteiger charge is 2.40. The predicted octanol–water partition coefficient (Wildman–Crippen LogP) is -0.0557. The number of rotatable bonds is 0. The average molecular weight is 214 g/mol. The zero-order chi connectivity index (χ0) is 11.6. The van der Waals surface area contributed by atoms with E-state index in [-0.39, 0.29) is 12.0 Å². The van der Waals surface area contributed by atoms with Crippen molar-refractivity contribution in [2.24, 2.45) is 0 Å². The minimum atomic E-state index is -1.67. The molecule has 0 saturated heterocycles. The second-order valence-corrected chi connectivity index (χ2v) is 3.68. The first-order chi connectivity index (χ1) is 7.63. The lowest BCUT2D eigenvalue weighted by atomic mass is 9.81. The first-order valence-corrected chi connectivity index (χ1v) is 4.97. The van der Waals surface area contributed by atoms with Crippen LogP contribution in [0.5, 0.6) is 0 Å². The second kappa shape index (κ2) is 3.98. The number of allylic oxidation sites excluding steroid dienone is 3. The fraction of sp³-hybridized carbons (Fsp3) is 0.308. The molecule has 16 heavy (non-hydrogen) atoms. The van der Waals surface area contributed by atoms with Crippen molar-refractivity contribution in [1.29, 1.82) is 0 Å². The summed E-state index contributed by atoms with van der Waals surface area (Å²) in [6, 6.07) is 0. The van der Waals surface area contributed by atoms with E-state index in [1.165, 1.54) is 12.2 Å². The van der Waals surface area contributed by atoms with Crippen LogP contribution in [0, 0.1) is 23.7 Å². The van der Waals surface area contributed by atoms with Gasteiger partial charge in [0.05, 0.1) is 0 Å². The molecule has 2 N–H and O–H groups in total. The highest BCUT2D eigenvalue weighted by molar-refractivity contribution is 6.06. The van der Waals surface area contributed by atoms with Gasteiger partial charge in [0.1, 0.15) is 6.10 Å². The molecule has 2 atom stereocenters. The molecule has 0 saturated carbocycles. The quantitative estimate of drug-likeness (QED) is 0.556. The van der Waals surface area contributed by atoms with Gasteiger partial charge in [0.25, 0.3) is 0 Å². The fourth-order valence-corrected chi connectivity index (χ4v) is 1.69. The maximum atomic E-state index is 11.9. The summed E-state index contributed by atoms with van der Waals surface area (Å²) in [4.78, 5) is 11.9. The summed E-state index contributed by atoms with van der Waals surface area (Å²) in [5, 5.41) is 19.7. The highest BCUT2D eigenvalue weighted by atomic mass is 16.3. The van der Waals surface area contributed by atoms with Crippen LogP contribution in [0.25, 0.3) is 0 Å². The summed E-state index contributed by atoms with van der Waals surface area (Å²) < 4.78 is 0. The van der Waals surface area contributed by atoms with E-state index in [9.17, 15) is 15.0 Å². The van der Waals surface area contributed by atoms with E-state index in [1.807, 2.05) is 0 Å². The highest BCUT2D eigenvalue weighted by Crippen LogP contribution is 2.26. The van der Waals surface area contributed by atoms with Gasteiger partial charge in [-0.25, -0.2) is 0 Å². The molecule has 80 valence electrons. The second-order valence-electron chi connectivity index (χ2n) is 3.68. The maximum absolute atomic E-state index is 11.9. The number of carbonyl (C=O) groups excluding carboxylic acids is 1. The van der Waals surface area contributed by atoms with Gasteiger partial charge >= 0.3 is 0 Å². The summed E-state index contributed by atoms with van der Waals surface area (Å²) in [5.74, 6) is 9.65. The fourth-order valence-electron chi connectivity index (χ4n) is 1.69. The van der Waals surface area contributed by atoms with Gasteiger partial charge in [0.2, 0.25) is 5.78 Å². The number of aliphatic hydroxyl groups is 2. The molecule has 0 spiro atoms. The molecule has 0 heterocycles. The summed E-state index contributed by atoms with van der Waals surface area (Å²) >= 11 is 0. The summed E-state index contributed by atoms with van der Waals surface area (Å²) in [5.41, 5.74) is -1.53. The Kier molecular flexibility index (Phi) is 2.66. The number of carbonyl (C=O) groups is 1. The smallest absolute Gasteiger partial charge is 0.206 e. The topological polar surface area (TPSA) is 57.5 Å². The van der Waals surface area contributed by atoms with Gasteiger partial charge in [-0.15, -0.1) is 0 Å². The number of ketones is 1. The third-order valence-corrected chi connectivity index (χ3v) is 2.55. The van der Waals surface area contributed by atoms with Gasteiger partial charge in [-0.05, 0) is 25.0 Å². The van der Waals surface area contributed by atoms with E-state index in [1.54, 1.807) is 6.08 Å². The van der Waals surface area contributed by atoms with Crippen molar-refractivity contribution >= 4 is 5.78 Å². The van der Waals surface area contributed by atoms with Crippen LogP contribution in [0.15, 0.2) is 23.8 Å². The van der Waals surface area contributed by atoms with Gasteiger partial charge in [-0.1, -0.05) is 29.8 Å². The molecule has 0 fully saturated rings. The summed E-state index contributed by atoms with van der Waals surface area (Å²) in [6.45, 7) is 0. The molecule has 0 unspecified atom stereocenters. The Bertz CT molecular complexity index is 505. The molecule has 0 amide bonds. The van der Waals surface area contributed by atoms with Gasteiger partial charge in [0.15, 0.2) is 5.60 Å². The van der Waals surface area contributed by atoms with Gasteiger partial charge in [-0.3, -0.25) is 4.79 Å². The number of Topliss-reactive ketones (excluding diaryl/α,β-unsaturated/α-hetero) is 1. The molecule has 2 rings (SSSR count). The maximum Gasteiger partial charge on any atom is 0.206 e. The van der Waals surface area contributed by atoms with Crippen molar-refractivity contribution in [3.05, 3.63) is 23.8 Å². The lowest BCUT2D eigenvalue weighted by Gasteiger charge is -2.26. The van der Waals surface area contributed by atoms with Crippen molar-refractivity contribution in [3.8, 4) is 23.7 Å². The van der Waals surface area contributed by atoms with Crippen molar-refractivity contribution in [2.45, 2.75) is 24.5 Å². The van der Waals surface area contributed by atoms with Crippen LogP contribution in [0.2, 0.25) is 0 Å². The monoisotopic (exact) mass is 214 g/mol. The number of hydrogen-bond acceptors (Lipinski definition) is 3. The minimum absolute atomic E-state index is 0.144. The first-order valence-electron chi connectivity index (χ1n) is 4.97. The third kappa shape index (κ3) is 1.79. The Morgan fingerprint density at radius 3 is 2.94 bits per heavy atom. The van der Waals surface area contributed by atoms with Crippen molar-refractivity contribution in [3.63, 3.8) is 0 Å². The Labute approximate surface area is 93.5 Å². The number of hydrogen-bond donors (Lipinski definition) is 2. The van der Waals surface area contributed by atoms with E-state index >= 15 is 0 Å².